The van der Waals surface area contributed by atoms with E-state index in [1.54, 1.807) is 18.0 Å². The Balaban J connectivity index is 1.99. The van der Waals surface area contributed by atoms with Gasteiger partial charge in [0.05, 0.1) is 17.8 Å². The number of methoxy groups -OCH3 is 1. The first-order valence-corrected chi connectivity index (χ1v) is 8.41. The summed E-state index contributed by atoms with van der Waals surface area (Å²) in [5, 5.41) is 11.6. The molecule has 2 aromatic carbocycles. The molecule has 0 saturated carbocycles. The highest BCUT2D eigenvalue weighted by Gasteiger charge is 2.10. The molecular formula is C17H15BrN4OS. The van der Waals surface area contributed by atoms with Gasteiger partial charge in [0.15, 0.2) is 5.82 Å². The molecule has 0 spiro atoms. The van der Waals surface area contributed by atoms with Gasteiger partial charge in [-0.2, -0.15) is 14.9 Å². The number of nitrogens with one attached hydrogen (secondary N) is 1. The van der Waals surface area contributed by atoms with Gasteiger partial charge in [-0.05, 0) is 64.4 Å². The van der Waals surface area contributed by atoms with Crippen LogP contribution >= 0.6 is 28.1 Å². The molecule has 3 rings (SSSR count). The van der Waals surface area contributed by atoms with Gasteiger partial charge in [-0.3, -0.25) is 0 Å². The minimum absolute atomic E-state index is 0.442. The molecule has 24 heavy (non-hydrogen) atoms. The summed E-state index contributed by atoms with van der Waals surface area (Å²) in [5.74, 6) is 1.45. The summed E-state index contributed by atoms with van der Waals surface area (Å²) in [6.07, 6.45) is 1.73. The van der Waals surface area contributed by atoms with E-state index in [2.05, 4.69) is 31.2 Å². The van der Waals surface area contributed by atoms with Crippen LogP contribution in [0.3, 0.4) is 0 Å². The molecule has 0 saturated heterocycles. The molecule has 0 aliphatic carbocycles. The van der Waals surface area contributed by atoms with Gasteiger partial charge in [-0.1, -0.05) is 24.3 Å². The Morgan fingerprint density at radius 3 is 2.79 bits per heavy atom. The minimum Gasteiger partial charge on any atom is -0.496 e. The Kier molecular flexibility index (Phi) is 4.92. The van der Waals surface area contributed by atoms with E-state index in [-0.39, 0.29) is 0 Å². The summed E-state index contributed by atoms with van der Waals surface area (Å²) in [6, 6.07) is 13.7. The number of hydrogen-bond acceptors (Lipinski definition) is 4. The minimum atomic E-state index is 0.442. The molecule has 0 unspecified atom stereocenters. The van der Waals surface area contributed by atoms with Crippen molar-refractivity contribution in [3.05, 3.63) is 62.8 Å². The quantitative estimate of drug-likeness (QED) is 0.513. The molecule has 1 aromatic heterocycles. The largest absolute Gasteiger partial charge is 0.496 e. The van der Waals surface area contributed by atoms with Crippen molar-refractivity contribution in [3.63, 3.8) is 0 Å². The van der Waals surface area contributed by atoms with Gasteiger partial charge in [0.1, 0.15) is 5.75 Å². The molecule has 122 valence electrons. The number of halogens is 1. The maximum absolute atomic E-state index is 5.30. The molecule has 1 heterocycles. The molecule has 0 atom stereocenters. The van der Waals surface area contributed by atoms with Crippen LogP contribution in [0.4, 0.5) is 0 Å². The Labute approximate surface area is 153 Å². The van der Waals surface area contributed by atoms with Crippen LogP contribution in [0.25, 0.3) is 11.4 Å². The zero-order valence-corrected chi connectivity index (χ0v) is 15.6. The topological polar surface area (TPSA) is 55.2 Å². The average Bonchev–Trinajstić information content (AvgIpc) is 2.94. The molecular weight excluding hydrogens is 388 g/mol. The lowest BCUT2D eigenvalue weighted by molar-refractivity contribution is 0.412. The molecule has 0 aliphatic rings. The van der Waals surface area contributed by atoms with Crippen molar-refractivity contribution in [1.29, 1.82) is 0 Å². The SMILES string of the molecule is COc1ccc(/C=N\n2c(-c3ccccc3C)n[nH]c2=S)cc1Br. The van der Waals surface area contributed by atoms with Crippen LogP contribution in [0.1, 0.15) is 11.1 Å². The summed E-state index contributed by atoms with van der Waals surface area (Å²) in [6.45, 7) is 2.03. The average molecular weight is 403 g/mol. The fraction of sp³-hybridized carbons (Fsp3) is 0.118. The van der Waals surface area contributed by atoms with Crippen molar-refractivity contribution in [2.75, 3.05) is 7.11 Å². The second kappa shape index (κ2) is 7.11. The van der Waals surface area contributed by atoms with E-state index in [0.717, 1.165) is 26.9 Å². The number of ether oxygens (including phenoxy) is 1. The maximum Gasteiger partial charge on any atom is 0.216 e. The van der Waals surface area contributed by atoms with Crippen LogP contribution in [0.2, 0.25) is 0 Å². The standard InChI is InChI=1S/C17H15BrN4OS/c1-11-5-3-4-6-13(11)16-20-21-17(24)22(16)19-10-12-7-8-15(23-2)14(18)9-12/h3-10H,1-2H3,(H,21,24)/b19-10-. The normalized spacial score (nSPS) is 11.1. The predicted molar refractivity (Wildman–Crippen MR) is 101 cm³/mol. The zero-order valence-electron chi connectivity index (χ0n) is 13.2. The van der Waals surface area contributed by atoms with E-state index in [0.29, 0.717) is 10.6 Å². The molecule has 0 aliphatic heterocycles. The first kappa shape index (κ1) is 16.6. The summed E-state index contributed by atoms with van der Waals surface area (Å²) in [7, 11) is 1.63. The lowest BCUT2D eigenvalue weighted by atomic mass is 10.1. The van der Waals surface area contributed by atoms with E-state index >= 15 is 0 Å². The van der Waals surface area contributed by atoms with Crippen LogP contribution in [0.5, 0.6) is 5.75 Å². The molecule has 5 nitrogen and oxygen atoms in total. The molecule has 0 fully saturated rings. The lowest BCUT2D eigenvalue weighted by Gasteiger charge is -2.05. The van der Waals surface area contributed by atoms with Crippen LogP contribution < -0.4 is 4.74 Å². The van der Waals surface area contributed by atoms with Crippen LogP contribution in [0.15, 0.2) is 52.0 Å². The number of hydrogen-bond donors (Lipinski definition) is 1. The Morgan fingerprint density at radius 1 is 1.29 bits per heavy atom. The highest BCUT2D eigenvalue weighted by molar-refractivity contribution is 9.10. The van der Waals surface area contributed by atoms with Gasteiger partial charge in [-0.15, -0.1) is 0 Å². The van der Waals surface area contributed by atoms with Crippen molar-refractivity contribution in [1.82, 2.24) is 14.9 Å². The number of nitrogens with zero attached hydrogens (tertiary/aromatic N) is 3. The van der Waals surface area contributed by atoms with Crippen LogP contribution in [-0.2, 0) is 0 Å². The molecule has 0 amide bonds. The van der Waals surface area contributed by atoms with Crippen molar-refractivity contribution >= 4 is 34.4 Å². The van der Waals surface area contributed by atoms with Crippen LogP contribution in [-0.4, -0.2) is 28.2 Å². The van der Waals surface area contributed by atoms with Gasteiger partial charge in [0, 0.05) is 5.56 Å². The van der Waals surface area contributed by atoms with Crippen molar-refractivity contribution < 1.29 is 4.74 Å². The fourth-order valence-corrected chi connectivity index (χ4v) is 3.02. The number of rotatable bonds is 4. The second-order valence-electron chi connectivity index (χ2n) is 5.12. The number of benzene rings is 2. The maximum atomic E-state index is 5.30. The highest BCUT2D eigenvalue weighted by atomic mass is 79.9. The van der Waals surface area contributed by atoms with E-state index in [1.165, 1.54) is 0 Å². The predicted octanol–water partition coefficient (Wildman–Crippen LogP) is 4.57. The van der Waals surface area contributed by atoms with Crippen LogP contribution in [0, 0.1) is 11.7 Å². The summed E-state index contributed by atoms with van der Waals surface area (Å²) < 4.78 is 8.16. The van der Waals surface area contributed by atoms with Gasteiger partial charge in [0.25, 0.3) is 0 Å². The third-order valence-electron chi connectivity index (χ3n) is 3.53. The smallest absolute Gasteiger partial charge is 0.216 e. The number of aromatic amines is 1. The van der Waals surface area contributed by atoms with Gasteiger partial charge in [-0.25, -0.2) is 5.10 Å². The Bertz CT molecular complexity index is 961. The van der Waals surface area contributed by atoms with Gasteiger partial charge < -0.3 is 4.74 Å². The summed E-state index contributed by atoms with van der Waals surface area (Å²) >= 11 is 8.77. The van der Waals surface area contributed by atoms with Crippen molar-refractivity contribution in [2.24, 2.45) is 5.10 Å². The molecule has 3 aromatic rings. The second-order valence-corrected chi connectivity index (χ2v) is 6.36. The first-order valence-electron chi connectivity index (χ1n) is 7.21. The number of aromatic nitrogens is 3. The first-order chi connectivity index (χ1) is 11.6. The number of aryl methyl sites for hydroxylation is 1. The van der Waals surface area contributed by atoms with E-state index in [9.17, 15) is 0 Å². The summed E-state index contributed by atoms with van der Waals surface area (Å²) in [4.78, 5) is 0. The third kappa shape index (κ3) is 3.32. The van der Waals surface area contributed by atoms with E-state index in [4.69, 9.17) is 17.0 Å². The Morgan fingerprint density at radius 2 is 2.08 bits per heavy atom. The Hall–Kier alpha value is -2.25. The zero-order chi connectivity index (χ0) is 17.1. The van der Waals surface area contributed by atoms with Gasteiger partial charge in [0.2, 0.25) is 4.77 Å². The lowest BCUT2D eigenvalue weighted by Crippen LogP contribution is -1.96. The number of H-pyrrole nitrogens is 1. The molecule has 0 radical (unpaired) electrons. The van der Waals surface area contributed by atoms with Gasteiger partial charge >= 0.3 is 0 Å². The highest BCUT2D eigenvalue weighted by Crippen LogP contribution is 2.25. The monoisotopic (exact) mass is 402 g/mol. The molecule has 0 bridgehead atoms. The van der Waals surface area contributed by atoms with Crippen molar-refractivity contribution in [3.8, 4) is 17.1 Å². The fourth-order valence-electron chi connectivity index (χ4n) is 2.28. The van der Waals surface area contributed by atoms with Crippen molar-refractivity contribution in [2.45, 2.75) is 6.92 Å². The summed E-state index contributed by atoms with van der Waals surface area (Å²) in [5.41, 5.74) is 3.01. The molecule has 1 N–H and O–H groups in total. The molecule has 7 heteroatoms. The van der Waals surface area contributed by atoms with E-state index in [1.807, 2.05) is 49.4 Å². The van der Waals surface area contributed by atoms with E-state index < -0.39 is 0 Å². The third-order valence-corrected chi connectivity index (χ3v) is 4.42.